The lowest BCUT2D eigenvalue weighted by Gasteiger charge is -2.24. The molecule has 3 amide bonds. The Balaban J connectivity index is 1.74. The van der Waals surface area contributed by atoms with E-state index in [1.54, 1.807) is 39.1 Å². The zero-order valence-corrected chi connectivity index (χ0v) is 19.7. The van der Waals surface area contributed by atoms with Crippen LogP contribution in [0.4, 0.5) is 0 Å². The third-order valence-corrected chi connectivity index (χ3v) is 6.09. The summed E-state index contributed by atoms with van der Waals surface area (Å²) in [6.07, 6.45) is 2.11. The van der Waals surface area contributed by atoms with E-state index in [1.807, 2.05) is 0 Å². The van der Waals surface area contributed by atoms with Crippen molar-refractivity contribution in [2.45, 2.75) is 51.5 Å². The number of piperidine rings is 1. The quantitative estimate of drug-likeness (QED) is 0.616. The van der Waals surface area contributed by atoms with E-state index in [0.29, 0.717) is 44.9 Å². The highest BCUT2D eigenvalue weighted by atomic mass is 35.5. The van der Waals surface area contributed by atoms with Crippen LogP contribution in [0.1, 0.15) is 55.3 Å². The molecule has 1 aromatic heterocycles. The molecule has 1 aliphatic rings. The van der Waals surface area contributed by atoms with Crippen molar-refractivity contribution in [2.75, 3.05) is 7.11 Å². The van der Waals surface area contributed by atoms with Crippen molar-refractivity contribution in [3.8, 4) is 5.75 Å². The number of carbonyl (C=O) groups is 3. The molecule has 170 valence electrons. The molecule has 0 aliphatic carbocycles. The van der Waals surface area contributed by atoms with Gasteiger partial charge in [0, 0.05) is 28.6 Å². The van der Waals surface area contributed by atoms with Gasteiger partial charge in [0.05, 0.1) is 24.9 Å². The molecule has 1 aliphatic heterocycles. The second kappa shape index (κ2) is 9.42. The minimum absolute atomic E-state index is 0.173. The van der Waals surface area contributed by atoms with Crippen LogP contribution in [0.2, 0.25) is 10.0 Å². The van der Waals surface area contributed by atoms with Crippen LogP contribution in [0.25, 0.3) is 0 Å². The van der Waals surface area contributed by atoms with E-state index in [-0.39, 0.29) is 24.8 Å². The normalized spacial score (nSPS) is 16.5. The summed E-state index contributed by atoms with van der Waals surface area (Å²) in [7, 11) is 1.53. The van der Waals surface area contributed by atoms with Gasteiger partial charge in [-0.15, -0.1) is 0 Å². The minimum atomic E-state index is -0.989. The van der Waals surface area contributed by atoms with Gasteiger partial charge in [0.25, 0.3) is 0 Å². The van der Waals surface area contributed by atoms with E-state index >= 15 is 0 Å². The second-order valence-corrected chi connectivity index (χ2v) is 8.95. The molecule has 2 N–H and O–H groups in total. The zero-order valence-electron chi connectivity index (χ0n) is 18.2. The van der Waals surface area contributed by atoms with E-state index in [0.717, 1.165) is 0 Å². The average molecular weight is 479 g/mol. The molecule has 1 unspecified atom stereocenters. The van der Waals surface area contributed by atoms with Crippen molar-refractivity contribution in [3.05, 3.63) is 51.0 Å². The first-order valence-electron chi connectivity index (χ1n) is 10.0. The van der Waals surface area contributed by atoms with Crippen LogP contribution in [0.15, 0.2) is 18.3 Å². The molecule has 1 saturated heterocycles. The maximum absolute atomic E-state index is 12.9. The number of carbonyl (C=O) groups excluding carboxylic acids is 3. The Hall–Kier alpha value is -2.71. The van der Waals surface area contributed by atoms with E-state index in [4.69, 9.17) is 27.9 Å². The Labute approximate surface area is 196 Å². The smallest absolute Gasteiger partial charge is 0.234 e. The summed E-state index contributed by atoms with van der Waals surface area (Å²) in [5.74, 6) is -0.670. The molecule has 10 heteroatoms. The van der Waals surface area contributed by atoms with Crippen molar-refractivity contribution in [2.24, 2.45) is 0 Å². The Bertz CT molecular complexity index is 1060. The monoisotopic (exact) mass is 478 g/mol. The van der Waals surface area contributed by atoms with Gasteiger partial charge in [0.15, 0.2) is 5.75 Å². The molecule has 2 heterocycles. The van der Waals surface area contributed by atoms with Crippen molar-refractivity contribution in [1.29, 1.82) is 0 Å². The van der Waals surface area contributed by atoms with Gasteiger partial charge in [0.1, 0.15) is 11.2 Å². The number of nitrogens with zero attached hydrogens (tertiary/aromatic N) is 2. The summed E-state index contributed by atoms with van der Waals surface area (Å²) in [5, 5.41) is 5.79. The lowest BCUT2D eigenvalue weighted by atomic mass is 9.89. The first-order chi connectivity index (χ1) is 15.0. The number of ether oxygens (including phenoxy) is 1. The third kappa shape index (κ3) is 4.86. The number of imide groups is 1. The summed E-state index contributed by atoms with van der Waals surface area (Å²) in [4.78, 5) is 45.1. The maximum Gasteiger partial charge on any atom is 0.234 e. The van der Waals surface area contributed by atoms with Crippen LogP contribution in [-0.2, 0) is 26.3 Å². The number of amides is 3. The summed E-state index contributed by atoms with van der Waals surface area (Å²) in [5.41, 5.74) is 0.806. The fraction of sp³-hybridized carbons (Fsp3) is 0.409. The molecule has 1 aromatic carbocycles. The van der Waals surface area contributed by atoms with Crippen LogP contribution in [-0.4, -0.2) is 34.8 Å². The molecule has 1 fully saturated rings. The number of halogens is 2. The summed E-state index contributed by atoms with van der Waals surface area (Å²) >= 11 is 12.8. The number of aryl methyl sites for hydroxylation is 1. The lowest BCUT2D eigenvalue weighted by molar-refractivity contribution is -0.134. The second-order valence-electron chi connectivity index (χ2n) is 8.13. The van der Waals surface area contributed by atoms with Gasteiger partial charge in [-0.2, -0.15) is 0 Å². The first-order valence-corrected chi connectivity index (χ1v) is 10.8. The van der Waals surface area contributed by atoms with E-state index in [2.05, 4.69) is 20.6 Å². The molecular formula is C22H24Cl2N4O4. The molecule has 1 atom stereocenters. The van der Waals surface area contributed by atoms with Gasteiger partial charge in [-0.05, 0) is 44.9 Å². The summed E-state index contributed by atoms with van der Waals surface area (Å²) < 4.78 is 5.17. The SMILES string of the molecule is COc1cnc(C(C)(C)C(=O)NCc2cc(Cl)c(C3CCC(=O)NC3=O)c(Cl)c2)nc1C. The van der Waals surface area contributed by atoms with Crippen LogP contribution >= 0.6 is 23.2 Å². The average Bonchev–Trinajstić information content (AvgIpc) is 2.72. The van der Waals surface area contributed by atoms with Gasteiger partial charge in [0.2, 0.25) is 17.7 Å². The molecule has 0 spiro atoms. The molecule has 3 rings (SSSR count). The molecule has 0 radical (unpaired) electrons. The number of nitrogens with one attached hydrogen (secondary N) is 2. The third-order valence-electron chi connectivity index (χ3n) is 5.46. The van der Waals surface area contributed by atoms with Crippen LogP contribution in [0.5, 0.6) is 5.75 Å². The highest BCUT2D eigenvalue weighted by Crippen LogP contribution is 2.37. The number of benzene rings is 1. The van der Waals surface area contributed by atoms with Crippen molar-refractivity contribution in [3.63, 3.8) is 0 Å². The lowest BCUT2D eigenvalue weighted by Crippen LogP contribution is -2.41. The van der Waals surface area contributed by atoms with E-state index < -0.39 is 17.2 Å². The van der Waals surface area contributed by atoms with Crippen molar-refractivity contribution < 1.29 is 19.1 Å². The highest BCUT2D eigenvalue weighted by Gasteiger charge is 2.34. The van der Waals surface area contributed by atoms with Crippen LogP contribution < -0.4 is 15.4 Å². The fourth-order valence-electron chi connectivity index (χ4n) is 3.50. The number of rotatable bonds is 6. The molecular weight excluding hydrogens is 455 g/mol. The number of hydrogen-bond acceptors (Lipinski definition) is 6. The summed E-state index contributed by atoms with van der Waals surface area (Å²) in [6.45, 7) is 5.42. The number of aromatic nitrogens is 2. The van der Waals surface area contributed by atoms with Gasteiger partial charge >= 0.3 is 0 Å². The van der Waals surface area contributed by atoms with E-state index in [9.17, 15) is 14.4 Å². The number of methoxy groups -OCH3 is 1. The maximum atomic E-state index is 12.9. The predicted molar refractivity (Wildman–Crippen MR) is 120 cm³/mol. The van der Waals surface area contributed by atoms with Crippen molar-refractivity contribution in [1.82, 2.24) is 20.6 Å². The van der Waals surface area contributed by atoms with Gasteiger partial charge < -0.3 is 10.1 Å². The summed E-state index contributed by atoms with van der Waals surface area (Å²) in [6, 6.07) is 3.32. The highest BCUT2D eigenvalue weighted by molar-refractivity contribution is 6.36. The zero-order chi connectivity index (χ0) is 23.6. The Morgan fingerprint density at radius 1 is 1.28 bits per heavy atom. The predicted octanol–water partition coefficient (Wildman–Crippen LogP) is 3.21. The Morgan fingerprint density at radius 2 is 1.94 bits per heavy atom. The molecule has 0 saturated carbocycles. The van der Waals surface area contributed by atoms with Crippen LogP contribution in [0, 0.1) is 6.92 Å². The van der Waals surface area contributed by atoms with Crippen molar-refractivity contribution >= 4 is 40.9 Å². The van der Waals surface area contributed by atoms with E-state index in [1.165, 1.54) is 7.11 Å². The van der Waals surface area contributed by atoms with Gasteiger partial charge in [-0.1, -0.05) is 23.2 Å². The standard InChI is InChI=1S/C22H24Cl2N4O4/c1-11-16(32-4)10-25-20(27-11)22(2,3)21(31)26-9-12-7-14(23)18(15(24)8-12)13-5-6-17(29)28-19(13)30/h7-8,10,13H,5-6,9H2,1-4H3,(H,26,31)(H,28,29,30). The topological polar surface area (TPSA) is 110 Å². The first kappa shape index (κ1) is 23.9. The number of hydrogen-bond donors (Lipinski definition) is 2. The molecule has 32 heavy (non-hydrogen) atoms. The van der Waals surface area contributed by atoms with Crippen LogP contribution in [0.3, 0.4) is 0 Å². The largest absolute Gasteiger partial charge is 0.493 e. The molecule has 0 bridgehead atoms. The van der Waals surface area contributed by atoms with Gasteiger partial charge in [-0.3, -0.25) is 19.7 Å². The fourth-order valence-corrected chi connectivity index (χ4v) is 4.30. The van der Waals surface area contributed by atoms with Gasteiger partial charge in [-0.25, -0.2) is 9.97 Å². The Kier molecular flexibility index (Phi) is 7.05. The Morgan fingerprint density at radius 3 is 2.50 bits per heavy atom. The molecule has 2 aromatic rings. The minimum Gasteiger partial charge on any atom is -0.493 e. The molecule has 8 nitrogen and oxygen atoms in total.